The van der Waals surface area contributed by atoms with Gasteiger partial charge in [0.2, 0.25) is 0 Å². The summed E-state index contributed by atoms with van der Waals surface area (Å²) in [6, 6.07) is 14.8. The molecule has 204 valence electrons. The van der Waals surface area contributed by atoms with Crippen molar-refractivity contribution in [2.24, 2.45) is 0 Å². The molecule has 1 atom stereocenters. The maximum atomic E-state index is 13.5. The second kappa shape index (κ2) is 11.4. The van der Waals surface area contributed by atoms with Crippen LogP contribution in [-0.2, 0) is 6.42 Å². The number of amides is 3. The SMILES string of the molecule is Cc1cc(N2CCC(N(C)C(=O)c3ccc4c(c3)C(NC(=O)Nc3c(Cl)cccc3Cl)CC4)CC2)cc(C)n1. The van der Waals surface area contributed by atoms with Crippen molar-refractivity contribution in [1.82, 2.24) is 15.2 Å². The summed E-state index contributed by atoms with van der Waals surface area (Å²) < 4.78 is 0. The molecule has 0 bridgehead atoms. The van der Waals surface area contributed by atoms with E-state index in [0.717, 1.165) is 61.3 Å². The summed E-state index contributed by atoms with van der Waals surface area (Å²) in [5.74, 6) is 0.00445. The van der Waals surface area contributed by atoms with Crippen molar-refractivity contribution < 1.29 is 9.59 Å². The lowest BCUT2D eigenvalue weighted by Gasteiger charge is -2.38. The summed E-state index contributed by atoms with van der Waals surface area (Å²) in [6.45, 7) is 5.83. The largest absolute Gasteiger partial charge is 0.371 e. The second-order valence-corrected chi connectivity index (χ2v) is 11.3. The molecular formula is C30H33Cl2N5O2. The number of urea groups is 1. The number of rotatable bonds is 5. The third kappa shape index (κ3) is 5.99. The first-order valence-corrected chi connectivity index (χ1v) is 14.1. The zero-order valence-electron chi connectivity index (χ0n) is 22.4. The summed E-state index contributed by atoms with van der Waals surface area (Å²) in [4.78, 5) is 35.0. The smallest absolute Gasteiger partial charge is 0.319 e. The van der Waals surface area contributed by atoms with Crippen LogP contribution in [0.5, 0.6) is 0 Å². The van der Waals surface area contributed by atoms with Crippen LogP contribution in [-0.4, -0.2) is 48.0 Å². The van der Waals surface area contributed by atoms with Gasteiger partial charge < -0.3 is 20.4 Å². The van der Waals surface area contributed by atoms with E-state index in [1.165, 1.54) is 5.69 Å². The van der Waals surface area contributed by atoms with E-state index in [0.29, 0.717) is 21.3 Å². The molecule has 1 saturated heterocycles. The Balaban J connectivity index is 1.22. The molecule has 2 aromatic carbocycles. The van der Waals surface area contributed by atoms with E-state index in [2.05, 4.69) is 32.7 Å². The molecule has 3 aromatic rings. The first-order chi connectivity index (χ1) is 18.7. The van der Waals surface area contributed by atoms with Crippen LogP contribution in [0.2, 0.25) is 10.0 Å². The van der Waals surface area contributed by atoms with E-state index in [-0.39, 0.29) is 24.0 Å². The number of halogens is 2. The molecular weight excluding hydrogens is 533 g/mol. The van der Waals surface area contributed by atoms with Gasteiger partial charge in [-0.3, -0.25) is 9.78 Å². The zero-order valence-corrected chi connectivity index (χ0v) is 23.9. The van der Waals surface area contributed by atoms with Gasteiger partial charge in [-0.1, -0.05) is 35.3 Å². The van der Waals surface area contributed by atoms with Crippen molar-refractivity contribution in [3.05, 3.63) is 86.7 Å². The van der Waals surface area contributed by atoms with E-state index >= 15 is 0 Å². The fourth-order valence-corrected chi connectivity index (χ4v) is 6.18. The highest BCUT2D eigenvalue weighted by atomic mass is 35.5. The Morgan fingerprint density at radius 1 is 0.974 bits per heavy atom. The van der Waals surface area contributed by atoms with Gasteiger partial charge in [0, 0.05) is 48.8 Å². The van der Waals surface area contributed by atoms with E-state index in [4.69, 9.17) is 23.2 Å². The second-order valence-electron chi connectivity index (χ2n) is 10.4. The summed E-state index contributed by atoms with van der Waals surface area (Å²) in [6.07, 6.45) is 3.41. The quantitative estimate of drug-likeness (QED) is 0.367. The summed E-state index contributed by atoms with van der Waals surface area (Å²) in [5.41, 5.74) is 6.39. The predicted molar refractivity (Wildman–Crippen MR) is 157 cm³/mol. The number of benzene rings is 2. The number of pyridine rings is 1. The number of piperidine rings is 1. The number of aryl methyl sites for hydroxylation is 3. The standard InChI is InChI=1S/C30H33Cl2N5O2/c1-18-15-23(16-19(2)33-18)37-13-11-22(12-14-37)36(3)29(38)21-8-7-20-9-10-27(24(20)17-21)34-30(39)35-28-25(31)5-4-6-26(28)32/h4-8,15-17,22,27H,9-14H2,1-3H3,(H2,34,35,39). The molecule has 7 nitrogen and oxygen atoms in total. The molecule has 1 aliphatic carbocycles. The van der Waals surface area contributed by atoms with Crippen molar-refractivity contribution in [3.8, 4) is 0 Å². The molecule has 39 heavy (non-hydrogen) atoms. The molecule has 0 saturated carbocycles. The Morgan fingerprint density at radius 3 is 2.31 bits per heavy atom. The van der Waals surface area contributed by atoms with Crippen LogP contribution >= 0.6 is 23.2 Å². The van der Waals surface area contributed by atoms with Gasteiger partial charge >= 0.3 is 6.03 Å². The van der Waals surface area contributed by atoms with Gasteiger partial charge in [-0.2, -0.15) is 0 Å². The number of para-hydroxylation sites is 1. The molecule has 1 aliphatic heterocycles. The van der Waals surface area contributed by atoms with Crippen molar-refractivity contribution in [3.63, 3.8) is 0 Å². The van der Waals surface area contributed by atoms with Gasteiger partial charge in [-0.15, -0.1) is 0 Å². The number of fused-ring (bicyclic) bond motifs is 1. The number of hydrogen-bond donors (Lipinski definition) is 2. The van der Waals surface area contributed by atoms with Gasteiger partial charge in [0.05, 0.1) is 21.8 Å². The highest BCUT2D eigenvalue weighted by Crippen LogP contribution is 2.34. The number of carbonyl (C=O) groups is 2. The van der Waals surface area contributed by atoms with E-state index in [1.807, 2.05) is 44.0 Å². The highest BCUT2D eigenvalue weighted by Gasteiger charge is 2.29. The van der Waals surface area contributed by atoms with Gasteiger partial charge in [0.25, 0.3) is 5.91 Å². The van der Waals surface area contributed by atoms with Crippen molar-refractivity contribution in [1.29, 1.82) is 0 Å². The van der Waals surface area contributed by atoms with E-state index in [9.17, 15) is 9.59 Å². The molecule has 1 aromatic heterocycles. The summed E-state index contributed by atoms with van der Waals surface area (Å²) in [7, 11) is 1.90. The van der Waals surface area contributed by atoms with Crippen molar-refractivity contribution >= 4 is 46.5 Å². The van der Waals surface area contributed by atoms with Gasteiger partial charge in [-0.05, 0) is 87.1 Å². The van der Waals surface area contributed by atoms with E-state index < -0.39 is 0 Å². The molecule has 2 aliphatic rings. The fourth-order valence-electron chi connectivity index (χ4n) is 5.69. The van der Waals surface area contributed by atoms with Crippen molar-refractivity contribution in [2.75, 3.05) is 30.4 Å². The van der Waals surface area contributed by atoms with Crippen molar-refractivity contribution in [2.45, 2.75) is 51.6 Å². The molecule has 5 rings (SSSR count). The zero-order chi connectivity index (χ0) is 27.7. The molecule has 3 amide bonds. The first kappa shape index (κ1) is 27.3. The van der Waals surface area contributed by atoms with E-state index in [1.54, 1.807) is 18.2 Å². The summed E-state index contributed by atoms with van der Waals surface area (Å²) >= 11 is 12.4. The molecule has 2 N–H and O–H groups in total. The highest BCUT2D eigenvalue weighted by molar-refractivity contribution is 6.39. The predicted octanol–water partition coefficient (Wildman–Crippen LogP) is 6.56. The normalized spacial score (nSPS) is 17.1. The lowest BCUT2D eigenvalue weighted by Crippen LogP contribution is -2.45. The Kier molecular flexibility index (Phi) is 8.01. The molecule has 1 fully saturated rings. The molecule has 9 heteroatoms. The van der Waals surface area contributed by atoms with Crippen LogP contribution in [0.25, 0.3) is 0 Å². The average Bonchev–Trinajstić information content (AvgIpc) is 3.31. The van der Waals surface area contributed by atoms with Crippen LogP contribution in [0.4, 0.5) is 16.2 Å². The monoisotopic (exact) mass is 565 g/mol. The van der Waals surface area contributed by atoms with Gasteiger partial charge in [-0.25, -0.2) is 4.79 Å². The Morgan fingerprint density at radius 2 is 1.64 bits per heavy atom. The third-order valence-corrected chi connectivity index (χ3v) is 8.37. The maximum absolute atomic E-state index is 13.5. The Bertz CT molecular complexity index is 1360. The number of hydrogen-bond acceptors (Lipinski definition) is 4. The first-order valence-electron chi connectivity index (χ1n) is 13.3. The summed E-state index contributed by atoms with van der Waals surface area (Å²) in [5, 5.41) is 6.53. The number of nitrogens with one attached hydrogen (secondary N) is 2. The Hall–Kier alpha value is -3.29. The minimum atomic E-state index is -0.386. The lowest BCUT2D eigenvalue weighted by atomic mass is 10.00. The number of anilines is 2. The van der Waals surface area contributed by atoms with Gasteiger partial charge in [0.15, 0.2) is 0 Å². The minimum absolute atomic E-state index is 0.00445. The third-order valence-electron chi connectivity index (χ3n) is 7.74. The number of nitrogens with zero attached hydrogens (tertiary/aromatic N) is 3. The van der Waals surface area contributed by atoms with Crippen LogP contribution < -0.4 is 15.5 Å². The lowest BCUT2D eigenvalue weighted by molar-refractivity contribution is 0.0709. The molecule has 2 heterocycles. The molecule has 0 radical (unpaired) electrons. The minimum Gasteiger partial charge on any atom is -0.371 e. The van der Waals surface area contributed by atoms with Crippen LogP contribution in [0.1, 0.15) is 58.2 Å². The average molecular weight is 567 g/mol. The van der Waals surface area contributed by atoms with Crippen LogP contribution in [0, 0.1) is 13.8 Å². The number of carbonyl (C=O) groups excluding carboxylic acids is 2. The van der Waals surface area contributed by atoms with Crippen LogP contribution in [0.3, 0.4) is 0 Å². The topological polar surface area (TPSA) is 77.6 Å². The fraction of sp³-hybridized carbons (Fsp3) is 0.367. The number of aromatic nitrogens is 1. The van der Waals surface area contributed by atoms with Crippen LogP contribution in [0.15, 0.2) is 48.5 Å². The molecule has 1 unspecified atom stereocenters. The van der Waals surface area contributed by atoms with Gasteiger partial charge in [0.1, 0.15) is 0 Å². The Labute approximate surface area is 239 Å². The maximum Gasteiger partial charge on any atom is 0.319 e. The molecule has 0 spiro atoms.